The van der Waals surface area contributed by atoms with E-state index in [1.165, 1.54) is 4.90 Å². The molecule has 1 N–H and O–H groups in total. The predicted octanol–water partition coefficient (Wildman–Crippen LogP) is 4.23. The fraction of sp³-hybridized carbons (Fsp3) is 0.417. The maximum atomic E-state index is 13.7. The molecule has 31 heavy (non-hydrogen) atoms. The summed E-state index contributed by atoms with van der Waals surface area (Å²) in [7, 11) is -3.16. The number of hydrogen-bond acceptors (Lipinski definition) is 5. The third-order valence-electron chi connectivity index (χ3n) is 6.86. The van der Waals surface area contributed by atoms with Crippen LogP contribution in [0, 0.1) is 0 Å². The highest BCUT2D eigenvalue weighted by Crippen LogP contribution is 2.71. The van der Waals surface area contributed by atoms with Gasteiger partial charge in [-0.1, -0.05) is 55.7 Å². The van der Waals surface area contributed by atoms with Gasteiger partial charge in [0, 0.05) is 6.04 Å². The summed E-state index contributed by atoms with van der Waals surface area (Å²) in [4.78, 5) is 40.6. The molecule has 1 atom stereocenters. The topological polar surface area (TPSA) is 64.1 Å². The first-order valence-corrected chi connectivity index (χ1v) is 13.0. The lowest BCUT2D eigenvalue weighted by Crippen LogP contribution is -2.44. The summed E-state index contributed by atoms with van der Waals surface area (Å²) in [5.41, 5.74) is 1.08. The van der Waals surface area contributed by atoms with Gasteiger partial charge in [0.1, 0.15) is 0 Å². The number of nitrogens with zero attached hydrogens (tertiary/aromatic N) is 3. The molecule has 2 aromatic rings. The third-order valence-corrected chi connectivity index (χ3v) is 10.4. The number of imide groups is 1. The third kappa shape index (κ3) is 3.42. The fourth-order valence-corrected chi connectivity index (χ4v) is 8.85. The molecule has 6 nitrogen and oxygen atoms in total. The van der Waals surface area contributed by atoms with Gasteiger partial charge in [0.15, 0.2) is 0 Å². The molecule has 0 spiro atoms. The van der Waals surface area contributed by atoms with Gasteiger partial charge in [0.2, 0.25) is 11.6 Å². The molecule has 2 aliphatic heterocycles. The van der Waals surface area contributed by atoms with E-state index < -0.39 is 13.4 Å². The number of carbonyl (C=O) groups excluding carboxylic acids is 2. The van der Waals surface area contributed by atoms with Crippen LogP contribution in [0.2, 0.25) is 0 Å². The number of carbonyl (C=O) groups is 2. The Hall–Kier alpha value is -2.43. The zero-order valence-corrected chi connectivity index (χ0v) is 18.5. The van der Waals surface area contributed by atoms with E-state index in [9.17, 15) is 14.5 Å². The first-order chi connectivity index (χ1) is 15.1. The highest BCUT2D eigenvalue weighted by molar-refractivity contribution is 7.75. The van der Waals surface area contributed by atoms with Crippen LogP contribution in [0.1, 0.15) is 38.5 Å². The largest absolute Gasteiger partial charge is 0.344 e. The molecule has 0 aromatic heterocycles. The minimum absolute atomic E-state index is 0.0108. The number of likely N-dealkylation sites (tertiary alicyclic amines) is 1. The Balaban J connectivity index is 1.54. The number of rotatable bonds is 4. The molecule has 0 bridgehead atoms. The molecule has 2 saturated heterocycles. The summed E-state index contributed by atoms with van der Waals surface area (Å²) in [6.07, 6.45) is 5.12. The number of anilines is 2. The van der Waals surface area contributed by atoms with Gasteiger partial charge in [-0.3, -0.25) is 14.5 Å². The van der Waals surface area contributed by atoms with Crippen molar-refractivity contribution in [1.29, 1.82) is 0 Å². The van der Waals surface area contributed by atoms with Crippen LogP contribution in [0.4, 0.5) is 11.4 Å². The van der Waals surface area contributed by atoms with Crippen LogP contribution in [0.15, 0.2) is 60.7 Å². The molecule has 5 rings (SSSR count). The lowest BCUT2D eigenvalue weighted by molar-refractivity contribution is -0.141. The van der Waals surface area contributed by atoms with Crippen LogP contribution in [0.5, 0.6) is 0 Å². The number of benzene rings is 2. The van der Waals surface area contributed by atoms with Gasteiger partial charge in [0.25, 0.3) is 5.91 Å². The van der Waals surface area contributed by atoms with E-state index >= 15 is 0 Å². The number of hydrogen-bond donors (Lipinski definition) is 1. The Bertz CT molecular complexity index is 902. The second-order valence-electron chi connectivity index (χ2n) is 8.65. The molecule has 0 radical (unpaired) electrons. The quantitative estimate of drug-likeness (QED) is 0.572. The van der Waals surface area contributed by atoms with Crippen molar-refractivity contribution in [3.05, 3.63) is 60.7 Å². The average Bonchev–Trinajstić information content (AvgIpc) is 3.32. The first-order valence-electron chi connectivity index (χ1n) is 11.2. The molecule has 1 saturated carbocycles. The second-order valence-corrected chi connectivity index (χ2v) is 11.5. The normalized spacial score (nSPS) is 24.3. The summed E-state index contributed by atoms with van der Waals surface area (Å²) < 4.78 is 4.00. The minimum Gasteiger partial charge on any atom is -0.276 e. The van der Waals surface area contributed by atoms with Crippen LogP contribution < -0.4 is 9.34 Å². The van der Waals surface area contributed by atoms with Crippen molar-refractivity contribution in [2.75, 3.05) is 22.4 Å². The van der Waals surface area contributed by atoms with Crippen molar-refractivity contribution >= 4 is 31.0 Å². The van der Waals surface area contributed by atoms with E-state index in [0.29, 0.717) is 13.1 Å². The van der Waals surface area contributed by atoms with Crippen LogP contribution >= 0.6 is 7.79 Å². The van der Waals surface area contributed by atoms with Crippen molar-refractivity contribution in [2.45, 2.75) is 50.2 Å². The van der Waals surface area contributed by atoms with Gasteiger partial charge >= 0.3 is 7.79 Å². The zero-order chi connectivity index (χ0) is 21.4. The average molecular weight is 438 g/mol. The molecular formula is C24H29N3O3P+. The number of amides is 2. The van der Waals surface area contributed by atoms with Crippen molar-refractivity contribution in [1.82, 2.24) is 4.90 Å². The fourth-order valence-electron chi connectivity index (χ4n) is 5.38. The summed E-state index contributed by atoms with van der Waals surface area (Å²) >= 11 is 0. The van der Waals surface area contributed by atoms with Crippen molar-refractivity contribution in [3.63, 3.8) is 0 Å². The summed E-state index contributed by atoms with van der Waals surface area (Å²) in [5.74, 6) is -0.306. The Kier molecular flexibility index (Phi) is 5.45. The Morgan fingerprint density at radius 1 is 0.774 bits per heavy atom. The van der Waals surface area contributed by atoms with E-state index in [0.717, 1.165) is 43.5 Å². The molecule has 2 amide bonds. The highest BCUT2D eigenvalue weighted by Gasteiger charge is 2.68. The van der Waals surface area contributed by atoms with Crippen LogP contribution in [-0.4, -0.2) is 46.4 Å². The van der Waals surface area contributed by atoms with Crippen molar-refractivity contribution < 1.29 is 14.5 Å². The molecule has 1 aliphatic carbocycles. The molecular weight excluding hydrogens is 409 g/mol. The van der Waals surface area contributed by atoms with Gasteiger partial charge in [-0.15, -0.1) is 0 Å². The standard InChI is InChI=1S/C24H29N3O3P/c28-23-18-22(24(29)27(23)21-14-8-3-9-15-21)31(30)25(19-10-4-1-5-11-19)16-17-26(31)20-12-6-2-7-13-20/h1-2,4-7,10-13,21-22,30H,3,8-9,14-18H2/q+1. The van der Waals surface area contributed by atoms with Crippen LogP contribution in [0.25, 0.3) is 0 Å². The lowest BCUT2D eigenvalue weighted by atomic mass is 9.94. The van der Waals surface area contributed by atoms with Gasteiger partial charge in [0.05, 0.1) is 30.9 Å². The van der Waals surface area contributed by atoms with Gasteiger partial charge in [-0.2, -0.15) is 0 Å². The monoisotopic (exact) mass is 438 g/mol. The van der Waals surface area contributed by atoms with E-state index in [-0.39, 0.29) is 24.3 Å². The van der Waals surface area contributed by atoms with E-state index in [1.807, 2.05) is 70.0 Å². The van der Waals surface area contributed by atoms with Crippen molar-refractivity contribution in [3.8, 4) is 0 Å². The molecule has 162 valence electrons. The highest BCUT2D eigenvalue weighted by atomic mass is 31.2. The molecule has 1 unspecified atom stereocenters. The lowest BCUT2D eigenvalue weighted by Gasteiger charge is -2.35. The zero-order valence-electron chi connectivity index (χ0n) is 17.6. The SMILES string of the molecule is O=C1CC([P+]2(O)N(c3ccccc3)CCN2c2ccccc2)C(=O)N1C1CCCCC1. The molecule has 2 heterocycles. The van der Waals surface area contributed by atoms with E-state index in [2.05, 4.69) is 0 Å². The molecule has 7 heteroatoms. The van der Waals surface area contributed by atoms with Gasteiger partial charge in [-0.05, 0) is 37.1 Å². The van der Waals surface area contributed by atoms with Crippen LogP contribution in [-0.2, 0) is 9.59 Å². The van der Waals surface area contributed by atoms with Gasteiger partial charge < -0.3 is 0 Å². The Morgan fingerprint density at radius 2 is 1.29 bits per heavy atom. The molecule has 3 aliphatic rings. The van der Waals surface area contributed by atoms with E-state index in [1.54, 1.807) is 0 Å². The van der Waals surface area contributed by atoms with Gasteiger partial charge in [-0.25, -0.2) is 14.2 Å². The Labute approximate surface area is 184 Å². The van der Waals surface area contributed by atoms with Crippen molar-refractivity contribution in [2.24, 2.45) is 0 Å². The smallest absolute Gasteiger partial charge is 0.276 e. The summed E-state index contributed by atoms with van der Waals surface area (Å²) in [6.45, 7) is 1.23. The first kappa shape index (κ1) is 20.5. The maximum Gasteiger partial charge on any atom is 0.344 e. The molecule has 2 aromatic carbocycles. The minimum atomic E-state index is -3.16. The maximum absolute atomic E-state index is 13.7. The Morgan fingerprint density at radius 3 is 1.81 bits per heavy atom. The molecule has 3 fully saturated rings. The summed E-state index contributed by atoms with van der Waals surface area (Å²) in [6, 6.07) is 19.5. The second kappa shape index (κ2) is 8.25. The predicted molar refractivity (Wildman–Crippen MR) is 124 cm³/mol. The summed E-state index contributed by atoms with van der Waals surface area (Å²) in [5, 5.41) is 0. The van der Waals surface area contributed by atoms with E-state index in [4.69, 9.17) is 0 Å². The van der Waals surface area contributed by atoms with Crippen LogP contribution in [0.3, 0.4) is 0 Å². The number of para-hydroxylation sites is 2.